The molecule has 0 saturated carbocycles. The van der Waals surface area contributed by atoms with Gasteiger partial charge in [-0.15, -0.1) is 0 Å². The number of ether oxygens (including phenoxy) is 4. The third kappa shape index (κ3) is 4.36. The minimum atomic E-state index is -0.519. The quantitative estimate of drug-likeness (QED) is 0.577. The Kier molecular flexibility index (Phi) is 5.56. The maximum atomic E-state index is 12.1. The smallest absolute Gasteiger partial charge is 0.363 e. The Bertz CT molecular complexity index is 926. The Morgan fingerprint density at radius 2 is 1.59 bits per heavy atom. The number of carbonyl (C=O) groups is 1. The molecule has 0 radical (unpaired) electrons. The van der Waals surface area contributed by atoms with Crippen molar-refractivity contribution < 1.29 is 23.7 Å². The first kappa shape index (κ1) is 18.3. The van der Waals surface area contributed by atoms with Crippen LogP contribution in [-0.2, 0) is 9.53 Å². The van der Waals surface area contributed by atoms with Crippen LogP contribution in [0.25, 0.3) is 12.2 Å². The van der Waals surface area contributed by atoms with E-state index in [4.69, 9.17) is 18.9 Å². The molecule has 1 heterocycles. The Morgan fingerprint density at radius 1 is 0.889 bits per heavy atom. The fourth-order valence-electron chi connectivity index (χ4n) is 2.48. The number of aliphatic imine (C=N–C) groups is 1. The molecule has 1 aliphatic heterocycles. The molecule has 27 heavy (non-hydrogen) atoms. The molecule has 6 heteroatoms. The summed E-state index contributed by atoms with van der Waals surface area (Å²) in [4.78, 5) is 16.4. The summed E-state index contributed by atoms with van der Waals surface area (Å²) in [7, 11) is 4.74. The normalized spacial score (nSPS) is 15.0. The number of hydrogen-bond donors (Lipinski definition) is 0. The zero-order valence-corrected chi connectivity index (χ0v) is 15.3. The van der Waals surface area contributed by atoms with Gasteiger partial charge in [0.2, 0.25) is 5.90 Å². The summed E-state index contributed by atoms with van der Waals surface area (Å²) in [5.74, 6) is 1.73. The summed E-state index contributed by atoms with van der Waals surface area (Å²) in [5.41, 5.74) is 1.80. The molecule has 0 N–H and O–H groups in total. The van der Waals surface area contributed by atoms with E-state index in [1.54, 1.807) is 57.8 Å². The van der Waals surface area contributed by atoms with Gasteiger partial charge in [-0.25, -0.2) is 9.79 Å². The number of rotatable bonds is 6. The van der Waals surface area contributed by atoms with E-state index in [0.717, 1.165) is 11.3 Å². The highest BCUT2D eigenvalue weighted by Gasteiger charge is 2.21. The zero-order valence-electron chi connectivity index (χ0n) is 15.3. The van der Waals surface area contributed by atoms with Crippen molar-refractivity contribution in [2.75, 3.05) is 21.3 Å². The van der Waals surface area contributed by atoms with Gasteiger partial charge in [0.05, 0.1) is 21.3 Å². The van der Waals surface area contributed by atoms with Gasteiger partial charge in [-0.2, -0.15) is 0 Å². The molecule has 2 aromatic rings. The Hall–Kier alpha value is -3.54. The van der Waals surface area contributed by atoms with Crippen LogP contribution in [-0.4, -0.2) is 33.2 Å². The fourth-order valence-corrected chi connectivity index (χ4v) is 2.48. The van der Waals surface area contributed by atoms with E-state index < -0.39 is 5.97 Å². The van der Waals surface area contributed by atoms with E-state index in [1.807, 2.05) is 24.3 Å². The molecule has 0 atom stereocenters. The van der Waals surface area contributed by atoms with Crippen LogP contribution in [0.1, 0.15) is 11.1 Å². The lowest BCUT2D eigenvalue weighted by atomic mass is 10.1. The molecule has 0 fully saturated rings. The van der Waals surface area contributed by atoms with E-state index in [2.05, 4.69) is 4.99 Å². The standard InChI is InChI=1S/C21H19NO5/c1-24-16-7-4-14(5-8-16)6-11-20-22-18(21(23)27-20)13-15-12-17(25-2)9-10-19(15)26-3/h4-13H,1-3H3/b11-6+,18-13+. The van der Waals surface area contributed by atoms with E-state index >= 15 is 0 Å². The number of hydrogen-bond acceptors (Lipinski definition) is 6. The first-order valence-electron chi connectivity index (χ1n) is 8.19. The average molecular weight is 365 g/mol. The molecule has 0 aliphatic carbocycles. The lowest BCUT2D eigenvalue weighted by Gasteiger charge is -2.07. The zero-order chi connectivity index (χ0) is 19.2. The second-order valence-corrected chi connectivity index (χ2v) is 5.58. The van der Waals surface area contributed by atoms with Crippen molar-refractivity contribution in [1.82, 2.24) is 0 Å². The van der Waals surface area contributed by atoms with Gasteiger partial charge in [0, 0.05) is 11.6 Å². The molecule has 138 valence electrons. The van der Waals surface area contributed by atoms with Gasteiger partial charge in [0.1, 0.15) is 17.2 Å². The molecule has 0 spiro atoms. The highest BCUT2D eigenvalue weighted by Crippen LogP contribution is 2.27. The Labute approximate surface area is 157 Å². The van der Waals surface area contributed by atoms with Crippen LogP contribution in [0.2, 0.25) is 0 Å². The van der Waals surface area contributed by atoms with Crippen LogP contribution < -0.4 is 14.2 Å². The van der Waals surface area contributed by atoms with E-state index in [0.29, 0.717) is 17.1 Å². The third-order valence-electron chi connectivity index (χ3n) is 3.90. The summed E-state index contributed by atoms with van der Waals surface area (Å²) in [5, 5.41) is 0. The highest BCUT2D eigenvalue weighted by molar-refractivity contribution is 6.11. The molecular formula is C21H19NO5. The highest BCUT2D eigenvalue weighted by atomic mass is 16.6. The third-order valence-corrected chi connectivity index (χ3v) is 3.90. The first-order chi connectivity index (χ1) is 13.1. The minimum absolute atomic E-state index is 0.191. The number of esters is 1. The Balaban J connectivity index is 1.83. The van der Waals surface area contributed by atoms with Crippen molar-refractivity contribution in [2.24, 2.45) is 4.99 Å². The number of carbonyl (C=O) groups excluding carboxylic acids is 1. The molecule has 6 nitrogen and oxygen atoms in total. The molecular weight excluding hydrogens is 346 g/mol. The Morgan fingerprint density at radius 3 is 2.26 bits per heavy atom. The average Bonchev–Trinajstić information content (AvgIpc) is 3.06. The maximum Gasteiger partial charge on any atom is 0.363 e. The number of benzene rings is 2. The van der Waals surface area contributed by atoms with E-state index in [-0.39, 0.29) is 11.6 Å². The van der Waals surface area contributed by atoms with Crippen molar-refractivity contribution >= 4 is 24.0 Å². The molecule has 0 amide bonds. The van der Waals surface area contributed by atoms with Gasteiger partial charge < -0.3 is 18.9 Å². The van der Waals surface area contributed by atoms with Gasteiger partial charge in [-0.1, -0.05) is 12.1 Å². The molecule has 0 unspecified atom stereocenters. The van der Waals surface area contributed by atoms with Crippen molar-refractivity contribution in [2.45, 2.75) is 0 Å². The predicted molar refractivity (Wildman–Crippen MR) is 103 cm³/mol. The monoisotopic (exact) mass is 365 g/mol. The van der Waals surface area contributed by atoms with Crippen LogP contribution >= 0.6 is 0 Å². The van der Waals surface area contributed by atoms with Crippen LogP contribution in [0.5, 0.6) is 17.2 Å². The molecule has 3 rings (SSSR count). The van der Waals surface area contributed by atoms with Crippen LogP contribution in [0.15, 0.2) is 59.2 Å². The minimum Gasteiger partial charge on any atom is -0.497 e. The van der Waals surface area contributed by atoms with Gasteiger partial charge in [0.15, 0.2) is 5.70 Å². The van der Waals surface area contributed by atoms with Crippen molar-refractivity contribution in [3.63, 3.8) is 0 Å². The SMILES string of the molecule is COc1ccc(/C=C/C2=NC(=C/c3cc(OC)ccc3OC)/C(=O)O2)cc1. The van der Waals surface area contributed by atoms with E-state index in [9.17, 15) is 4.79 Å². The van der Waals surface area contributed by atoms with Crippen LogP contribution in [0.4, 0.5) is 0 Å². The van der Waals surface area contributed by atoms with Gasteiger partial charge in [-0.3, -0.25) is 0 Å². The number of methoxy groups -OCH3 is 3. The van der Waals surface area contributed by atoms with Crippen LogP contribution in [0.3, 0.4) is 0 Å². The summed E-state index contributed by atoms with van der Waals surface area (Å²) in [6, 6.07) is 12.8. The molecule has 0 bridgehead atoms. The lowest BCUT2D eigenvalue weighted by molar-refractivity contribution is -0.129. The summed E-state index contributed by atoms with van der Waals surface area (Å²) < 4.78 is 20.9. The largest absolute Gasteiger partial charge is 0.497 e. The second-order valence-electron chi connectivity index (χ2n) is 5.58. The summed E-state index contributed by atoms with van der Waals surface area (Å²) in [6.07, 6.45) is 5.06. The van der Waals surface area contributed by atoms with Gasteiger partial charge in [0.25, 0.3) is 0 Å². The number of nitrogens with zero attached hydrogens (tertiary/aromatic N) is 1. The maximum absolute atomic E-state index is 12.1. The molecule has 1 aliphatic rings. The fraction of sp³-hybridized carbons (Fsp3) is 0.143. The number of cyclic esters (lactones) is 1. The first-order valence-corrected chi connectivity index (χ1v) is 8.19. The van der Waals surface area contributed by atoms with Crippen molar-refractivity contribution in [3.8, 4) is 17.2 Å². The predicted octanol–water partition coefficient (Wildman–Crippen LogP) is 3.72. The van der Waals surface area contributed by atoms with Crippen molar-refractivity contribution in [1.29, 1.82) is 0 Å². The lowest BCUT2D eigenvalue weighted by Crippen LogP contribution is -2.01. The van der Waals surface area contributed by atoms with Gasteiger partial charge >= 0.3 is 5.97 Å². The van der Waals surface area contributed by atoms with Gasteiger partial charge in [-0.05, 0) is 48.0 Å². The molecule has 0 saturated heterocycles. The van der Waals surface area contributed by atoms with Crippen molar-refractivity contribution in [3.05, 3.63) is 65.4 Å². The van der Waals surface area contributed by atoms with Crippen LogP contribution in [0, 0.1) is 0 Å². The summed E-state index contributed by atoms with van der Waals surface area (Å²) in [6.45, 7) is 0. The molecule has 0 aromatic heterocycles. The topological polar surface area (TPSA) is 66.3 Å². The molecule has 2 aromatic carbocycles. The second kappa shape index (κ2) is 8.23. The van der Waals surface area contributed by atoms with E-state index in [1.165, 1.54) is 0 Å². The summed E-state index contributed by atoms with van der Waals surface area (Å²) >= 11 is 0.